The van der Waals surface area contributed by atoms with Crippen molar-refractivity contribution < 1.29 is 14.3 Å². The molecule has 0 bridgehead atoms. The molecule has 3 amide bonds. The first kappa shape index (κ1) is 24.1. The predicted octanol–water partition coefficient (Wildman–Crippen LogP) is 4.90. The lowest BCUT2D eigenvalue weighted by atomic mass is 10.1. The van der Waals surface area contributed by atoms with E-state index in [0.717, 1.165) is 10.5 Å². The fraction of sp³-hybridized carbons (Fsp3) is 0.107. The Bertz CT molecular complexity index is 1600. The standard InChI is InChI=1S/C28H23ClN4O4/c1-17-9-11-21(12-10-17)33-26(34)23(25(31-33)19-6-4-8-22(14-19)37-2)15-24-27(35)32(28(36)30-24)16-18-5-3-7-20(29)13-18/h3-15,31H,16H2,1-2H3,(H,30,36)/b24-15-. The summed E-state index contributed by atoms with van der Waals surface area (Å²) in [5.74, 6) is 0.0713. The van der Waals surface area contributed by atoms with Gasteiger partial charge in [-0.25, -0.2) is 9.48 Å². The van der Waals surface area contributed by atoms with Crippen molar-refractivity contribution in [1.29, 1.82) is 0 Å². The molecule has 5 rings (SSSR count). The summed E-state index contributed by atoms with van der Waals surface area (Å²) in [5.41, 5.74) is 3.41. The maximum Gasteiger partial charge on any atom is 0.329 e. The summed E-state index contributed by atoms with van der Waals surface area (Å²) < 4.78 is 6.76. The molecule has 1 saturated heterocycles. The monoisotopic (exact) mass is 514 g/mol. The third-order valence-electron chi connectivity index (χ3n) is 6.06. The molecule has 2 N–H and O–H groups in total. The van der Waals surface area contributed by atoms with Crippen LogP contribution >= 0.6 is 11.6 Å². The number of ether oxygens (including phenoxy) is 1. The number of carbonyl (C=O) groups excluding carboxylic acids is 2. The second kappa shape index (κ2) is 9.83. The number of amides is 3. The zero-order valence-corrected chi connectivity index (χ0v) is 20.9. The summed E-state index contributed by atoms with van der Waals surface area (Å²) in [7, 11) is 1.56. The van der Waals surface area contributed by atoms with E-state index in [0.29, 0.717) is 33.3 Å². The Kier molecular flexibility index (Phi) is 6.42. The lowest BCUT2D eigenvalue weighted by Gasteiger charge is -2.11. The van der Waals surface area contributed by atoms with Gasteiger partial charge in [-0.3, -0.25) is 19.6 Å². The van der Waals surface area contributed by atoms with Gasteiger partial charge in [0.25, 0.3) is 11.5 Å². The molecular formula is C28H23ClN4O4. The van der Waals surface area contributed by atoms with Crippen LogP contribution in [0.25, 0.3) is 23.0 Å². The zero-order chi connectivity index (χ0) is 26.1. The predicted molar refractivity (Wildman–Crippen MR) is 142 cm³/mol. The SMILES string of the molecule is COc1cccc(-c2[nH]n(-c3ccc(C)cc3)c(=O)c2/C=C2\NC(=O)N(Cc3cccc(Cl)c3)C2=O)c1. The molecule has 0 radical (unpaired) electrons. The number of hydrogen-bond donors (Lipinski definition) is 2. The number of methoxy groups -OCH3 is 1. The van der Waals surface area contributed by atoms with Crippen molar-refractivity contribution in [2.24, 2.45) is 0 Å². The van der Waals surface area contributed by atoms with E-state index in [2.05, 4.69) is 10.4 Å². The Labute approximate surface area is 217 Å². The molecule has 1 aromatic heterocycles. The van der Waals surface area contributed by atoms with Crippen molar-refractivity contribution in [2.75, 3.05) is 7.11 Å². The number of nitrogens with one attached hydrogen (secondary N) is 2. The molecule has 3 aromatic carbocycles. The molecule has 0 atom stereocenters. The van der Waals surface area contributed by atoms with Crippen LogP contribution in [0.15, 0.2) is 83.3 Å². The molecule has 0 saturated carbocycles. The van der Waals surface area contributed by atoms with Gasteiger partial charge in [-0.2, -0.15) is 0 Å². The first-order chi connectivity index (χ1) is 17.8. The molecule has 2 heterocycles. The molecule has 9 heteroatoms. The number of halogens is 1. The van der Waals surface area contributed by atoms with Gasteiger partial charge in [0.2, 0.25) is 0 Å². The highest BCUT2D eigenvalue weighted by atomic mass is 35.5. The number of aromatic nitrogens is 2. The molecule has 1 fully saturated rings. The van der Waals surface area contributed by atoms with Gasteiger partial charge in [-0.15, -0.1) is 0 Å². The second-order valence-corrected chi connectivity index (χ2v) is 9.05. The average molecular weight is 515 g/mol. The summed E-state index contributed by atoms with van der Waals surface area (Å²) in [4.78, 5) is 40.5. The summed E-state index contributed by atoms with van der Waals surface area (Å²) in [6, 6.07) is 21.0. The minimum absolute atomic E-state index is 0.00308. The molecule has 1 aliphatic heterocycles. The van der Waals surface area contributed by atoms with Crippen LogP contribution in [0.3, 0.4) is 0 Å². The molecule has 4 aromatic rings. The fourth-order valence-corrected chi connectivity index (χ4v) is 4.35. The Hall–Kier alpha value is -4.56. The van der Waals surface area contributed by atoms with Crippen LogP contribution in [0, 0.1) is 6.92 Å². The first-order valence-electron chi connectivity index (χ1n) is 11.5. The number of H-pyrrole nitrogens is 1. The smallest absolute Gasteiger partial charge is 0.329 e. The van der Waals surface area contributed by atoms with E-state index in [1.165, 1.54) is 10.8 Å². The van der Waals surface area contributed by atoms with Gasteiger partial charge < -0.3 is 10.1 Å². The summed E-state index contributed by atoms with van der Waals surface area (Å²) in [6.45, 7) is 2.01. The van der Waals surface area contributed by atoms with Gasteiger partial charge in [0.1, 0.15) is 11.4 Å². The van der Waals surface area contributed by atoms with Crippen LogP contribution in [0.2, 0.25) is 5.02 Å². The lowest BCUT2D eigenvalue weighted by molar-refractivity contribution is -0.123. The number of hydrogen-bond acceptors (Lipinski definition) is 4. The summed E-state index contributed by atoms with van der Waals surface area (Å²) in [6.07, 6.45) is 1.41. The van der Waals surface area contributed by atoms with Crippen molar-refractivity contribution >= 4 is 29.6 Å². The highest BCUT2D eigenvalue weighted by Gasteiger charge is 2.34. The van der Waals surface area contributed by atoms with Crippen molar-refractivity contribution in [3.8, 4) is 22.7 Å². The number of aromatic amines is 1. The third-order valence-corrected chi connectivity index (χ3v) is 6.29. The van der Waals surface area contributed by atoms with Gasteiger partial charge >= 0.3 is 6.03 Å². The fourth-order valence-electron chi connectivity index (χ4n) is 4.14. The van der Waals surface area contributed by atoms with Crippen LogP contribution in [0.5, 0.6) is 5.75 Å². The Morgan fingerprint density at radius 1 is 0.973 bits per heavy atom. The Morgan fingerprint density at radius 2 is 1.73 bits per heavy atom. The third kappa shape index (κ3) is 4.79. The molecule has 0 spiro atoms. The van der Waals surface area contributed by atoms with Gasteiger partial charge in [0.15, 0.2) is 0 Å². The summed E-state index contributed by atoms with van der Waals surface area (Å²) >= 11 is 6.05. The number of aryl methyl sites for hydroxylation is 1. The molecule has 1 aliphatic rings. The number of carbonyl (C=O) groups is 2. The van der Waals surface area contributed by atoms with E-state index in [-0.39, 0.29) is 23.4 Å². The van der Waals surface area contributed by atoms with Crippen molar-refractivity contribution in [2.45, 2.75) is 13.5 Å². The second-order valence-electron chi connectivity index (χ2n) is 8.62. The van der Waals surface area contributed by atoms with Crippen LogP contribution in [0.4, 0.5) is 4.79 Å². The molecule has 0 aliphatic carbocycles. The minimum Gasteiger partial charge on any atom is -0.497 e. The van der Waals surface area contributed by atoms with E-state index in [4.69, 9.17) is 16.3 Å². The molecular weight excluding hydrogens is 492 g/mol. The van der Waals surface area contributed by atoms with E-state index in [9.17, 15) is 14.4 Å². The number of rotatable bonds is 6. The van der Waals surface area contributed by atoms with Crippen LogP contribution in [-0.2, 0) is 11.3 Å². The topological polar surface area (TPSA) is 96.4 Å². The van der Waals surface area contributed by atoms with Crippen molar-refractivity contribution in [3.63, 3.8) is 0 Å². The Balaban J connectivity index is 1.59. The highest BCUT2D eigenvalue weighted by molar-refractivity contribution is 6.30. The largest absolute Gasteiger partial charge is 0.497 e. The Morgan fingerprint density at radius 3 is 2.46 bits per heavy atom. The number of nitrogens with zero attached hydrogens (tertiary/aromatic N) is 2. The molecule has 0 unspecified atom stereocenters. The number of benzene rings is 3. The highest BCUT2D eigenvalue weighted by Crippen LogP contribution is 2.27. The summed E-state index contributed by atoms with van der Waals surface area (Å²) in [5, 5.41) is 6.27. The quantitative estimate of drug-likeness (QED) is 0.283. The van der Waals surface area contributed by atoms with Gasteiger partial charge in [-0.05, 0) is 55.0 Å². The minimum atomic E-state index is -0.575. The zero-order valence-electron chi connectivity index (χ0n) is 20.1. The van der Waals surface area contributed by atoms with E-state index < -0.39 is 11.9 Å². The number of urea groups is 1. The van der Waals surface area contributed by atoms with Crippen molar-refractivity contribution in [1.82, 2.24) is 20.0 Å². The van der Waals surface area contributed by atoms with E-state index in [1.807, 2.05) is 43.3 Å². The maximum absolute atomic E-state index is 13.6. The first-order valence-corrected chi connectivity index (χ1v) is 11.9. The van der Waals surface area contributed by atoms with Gasteiger partial charge in [-0.1, -0.05) is 53.6 Å². The normalized spacial score (nSPS) is 14.4. The van der Waals surface area contributed by atoms with Crippen LogP contribution in [-0.4, -0.2) is 33.7 Å². The van der Waals surface area contributed by atoms with Gasteiger partial charge in [0.05, 0.1) is 30.6 Å². The lowest BCUT2D eigenvalue weighted by Crippen LogP contribution is -2.30. The molecule has 8 nitrogen and oxygen atoms in total. The van der Waals surface area contributed by atoms with E-state index >= 15 is 0 Å². The van der Waals surface area contributed by atoms with Crippen LogP contribution in [0.1, 0.15) is 16.7 Å². The molecule has 186 valence electrons. The van der Waals surface area contributed by atoms with Crippen molar-refractivity contribution in [3.05, 3.63) is 111 Å². The maximum atomic E-state index is 13.6. The molecule has 37 heavy (non-hydrogen) atoms. The number of imide groups is 1. The van der Waals surface area contributed by atoms with Crippen LogP contribution < -0.4 is 15.6 Å². The average Bonchev–Trinajstić information content (AvgIpc) is 3.35. The van der Waals surface area contributed by atoms with E-state index in [1.54, 1.807) is 43.5 Å². The van der Waals surface area contributed by atoms with Gasteiger partial charge in [0, 0.05) is 10.6 Å².